The van der Waals surface area contributed by atoms with E-state index in [0.717, 1.165) is 0 Å². The van der Waals surface area contributed by atoms with Crippen molar-refractivity contribution in [3.63, 3.8) is 0 Å². The Morgan fingerprint density at radius 3 is 2.24 bits per heavy atom. The van der Waals surface area contributed by atoms with Crippen molar-refractivity contribution in [3.8, 4) is 0 Å². The zero-order valence-corrected chi connectivity index (χ0v) is 13.3. The molecule has 0 radical (unpaired) electrons. The number of nitrogens with one attached hydrogen (secondary N) is 2. The molecule has 1 rings (SSSR count). The third-order valence-electron chi connectivity index (χ3n) is 2.84. The number of aliphatic carboxylic acids is 1. The molecule has 0 aliphatic heterocycles. The number of hydrogen-bond donors (Lipinski definition) is 3. The highest BCUT2D eigenvalue weighted by Crippen LogP contribution is 2.16. The maximum atomic E-state index is 12.0. The third-order valence-corrected chi connectivity index (χ3v) is 4.51. The number of anilines is 1. The predicted octanol–water partition coefficient (Wildman–Crippen LogP) is 2.04. The van der Waals surface area contributed by atoms with Crippen LogP contribution in [-0.4, -0.2) is 31.6 Å². The summed E-state index contributed by atoms with van der Waals surface area (Å²) in [6.45, 7) is 5.41. The number of carbonyl (C=O) groups is 1. The van der Waals surface area contributed by atoms with Crippen LogP contribution < -0.4 is 10.0 Å². The van der Waals surface area contributed by atoms with E-state index in [1.54, 1.807) is 26.0 Å². The maximum absolute atomic E-state index is 12.0. The van der Waals surface area contributed by atoms with Crippen molar-refractivity contribution in [2.24, 2.45) is 0 Å². The van der Waals surface area contributed by atoms with Crippen LogP contribution in [0.3, 0.4) is 0 Å². The molecule has 0 aliphatic carbocycles. The minimum Gasteiger partial charge on any atom is -0.481 e. The Balaban J connectivity index is 2.80. The summed E-state index contributed by atoms with van der Waals surface area (Å²) < 4.78 is 26.4. The minimum absolute atomic E-state index is 0.0193. The van der Waals surface area contributed by atoms with Gasteiger partial charge in [0, 0.05) is 17.8 Å². The first kappa shape index (κ1) is 17.5. The molecule has 0 bridgehead atoms. The molecule has 1 atom stereocenters. The van der Waals surface area contributed by atoms with Gasteiger partial charge in [0.1, 0.15) is 0 Å². The van der Waals surface area contributed by atoms with Gasteiger partial charge in [0.15, 0.2) is 0 Å². The number of hydrogen-bond acceptors (Lipinski definition) is 4. The van der Waals surface area contributed by atoms with Crippen LogP contribution in [0.25, 0.3) is 0 Å². The summed E-state index contributed by atoms with van der Waals surface area (Å²) >= 11 is 0. The van der Waals surface area contributed by atoms with E-state index in [9.17, 15) is 13.2 Å². The predicted molar refractivity (Wildman–Crippen MR) is 81.9 cm³/mol. The summed E-state index contributed by atoms with van der Waals surface area (Å²) in [6, 6.07) is 5.92. The minimum atomic E-state index is -3.50. The maximum Gasteiger partial charge on any atom is 0.305 e. The first-order chi connectivity index (χ1) is 9.74. The van der Waals surface area contributed by atoms with Crippen molar-refractivity contribution in [2.45, 2.75) is 50.6 Å². The Hall–Kier alpha value is -1.60. The molecule has 0 saturated carbocycles. The molecule has 0 saturated heterocycles. The molecule has 7 heteroatoms. The SMILES string of the molecule is CCC(CC(=O)O)Nc1ccc(S(=O)(=O)NC(C)C)cc1. The van der Waals surface area contributed by atoms with Crippen LogP contribution in [-0.2, 0) is 14.8 Å². The number of carboxylic acid groups (broad SMARTS) is 1. The van der Waals surface area contributed by atoms with Gasteiger partial charge >= 0.3 is 5.97 Å². The van der Waals surface area contributed by atoms with E-state index in [1.165, 1.54) is 12.1 Å². The van der Waals surface area contributed by atoms with Crippen LogP contribution in [0.2, 0.25) is 0 Å². The molecule has 1 aromatic rings. The molecule has 0 fully saturated rings. The van der Waals surface area contributed by atoms with Gasteiger partial charge in [-0.1, -0.05) is 6.92 Å². The number of benzene rings is 1. The van der Waals surface area contributed by atoms with Gasteiger partial charge in [-0.2, -0.15) is 0 Å². The topological polar surface area (TPSA) is 95.5 Å². The smallest absolute Gasteiger partial charge is 0.305 e. The van der Waals surface area contributed by atoms with Gasteiger partial charge in [-0.3, -0.25) is 4.79 Å². The molecule has 0 spiro atoms. The van der Waals surface area contributed by atoms with Crippen LogP contribution in [0.1, 0.15) is 33.6 Å². The summed E-state index contributed by atoms with van der Waals surface area (Å²) in [4.78, 5) is 10.9. The van der Waals surface area contributed by atoms with E-state index < -0.39 is 16.0 Å². The fourth-order valence-electron chi connectivity index (χ4n) is 1.85. The van der Waals surface area contributed by atoms with E-state index in [0.29, 0.717) is 12.1 Å². The van der Waals surface area contributed by atoms with Gasteiger partial charge in [-0.05, 0) is 44.5 Å². The quantitative estimate of drug-likeness (QED) is 0.682. The van der Waals surface area contributed by atoms with Gasteiger partial charge in [0.2, 0.25) is 10.0 Å². The monoisotopic (exact) mass is 314 g/mol. The van der Waals surface area contributed by atoms with Crippen molar-refractivity contribution in [3.05, 3.63) is 24.3 Å². The van der Waals surface area contributed by atoms with Crippen LogP contribution in [0, 0.1) is 0 Å². The van der Waals surface area contributed by atoms with E-state index in [2.05, 4.69) is 10.0 Å². The van der Waals surface area contributed by atoms with Crippen LogP contribution >= 0.6 is 0 Å². The zero-order valence-electron chi connectivity index (χ0n) is 12.5. The molecule has 0 amide bonds. The summed E-state index contributed by atoms with van der Waals surface area (Å²) in [5.41, 5.74) is 0.701. The molecule has 0 heterocycles. The van der Waals surface area contributed by atoms with E-state index >= 15 is 0 Å². The molecule has 0 aliphatic rings. The number of sulfonamides is 1. The average Bonchev–Trinajstić information content (AvgIpc) is 2.36. The van der Waals surface area contributed by atoms with Crippen LogP contribution in [0.4, 0.5) is 5.69 Å². The Morgan fingerprint density at radius 2 is 1.81 bits per heavy atom. The van der Waals surface area contributed by atoms with E-state index in [4.69, 9.17) is 5.11 Å². The third kappa shape index (κ3) is 5.73. The average molecular weight is 314 g/mol. The van der Waals surface area contributed by atoms with Crippen molar-refractivity contribution in [1.29, 1.82) is 0 Å². The molecule has 118 valence electrons. The van der Waals surface area contributed by atoms with Gasteiger partial charge in [0.25, 0.3) is 0 Å². The van der Waals surface area contributed by atoms with Gasteiger partial charge < -0.3 is 10.4 Å². The molecular weight excluding hydrogens is 292 g/mol. The molecule has 6 nitrogen and oxygen atoms in total. The Labute approximate surface area is 125 Å². The Morgan fingerprint density at radius 1 is 1.24 bits per heavy atom. The van der Waals surface area contributed by atoms with Crippen LogP contribution in [0.5, 0.6) is 0 Å². The lowest BCUT2D eigenvalue weighted by atomic mass is 10.1. The molecule has 1 unspecified atom stereocenters. The lowest BCUT2D eigenvalue weighted by molar-refractivity contribution is -0.137. The first-order valence-electron chi connectivity index (χ1n) is 6.85. The summed E-state index contributed by atoms with van der Waals surface area (Å²) in [7, 11) is -3.50. The molecular formula is C14H22N2O4S. The lowest BCUT2D eigenvalue weighted by Crippen LogP contribution is -2.30. The highest BCUT2D eigenvalue weighted by Gasteiger charge is 2.15. The summed E-state index contributed by atoms with van der Waals surface area (Å²) in [6.07, 6.45) is 0.687. The van der Waals surface area contributed by atoms with Crippen molar-refractivity contribution in [1.82, 2.24) is 4.72 Å². The van der Waals surface area contributed by atoms with E-state index in [-0.39, 0.29) is 23.4 Å². The normalized spacial score (nSPS) is 13.1. The Bertz CT molecular complexity index is 567. The number of rotatable bonds is 8. The van der Waals surface area contributed by atoms with Gasteiger partial charge in [0.05, 0.1) is 11.3 Å². The second-order valence-electron chi connectivity index (χ2n) is 5.15. The second kappa shape index (κ2) is 7.42. The summed E-state index contributed by atoms with van der Waals surface area (Å²) in [5.74, 6) is -0.866. The molecule has 3 N–H and O–H groups in total. The lowest BCUT2D eigenvalue weighted by Gasteiger charge is -2.16. The summed E-state index contributed by atoms with van der Waals surface area (Å²) in [5, 5.41) is 11.9. The zero-order chi connectivity index (χ0) is 16.0. The van der Waals surface area contributed by atoms with Gasteiger partial charge in [-0.25, -0.2) is 13.1 Å². The van der Waals surface area contributed by atoms with Crippen molar-refractivity contribution < 1.29 is 18.3 Å². The largest absolute Gasteiger partial charge is 0.481 e. The van der Waals surface area contributed by atoms with Gasteiger partial charge in [-0.15, -0.1) is 0 Å². The highest BCUT2D eigenvalue weighted by molar-refractivity contribution is 7.89. The fourth-order valence-corrected chi connectivity index (χ4v) is 3.10. The van der Waals surface area contributed by atoms with Crippen molar-refractivity contribution >= 4 is 21.7 Å². The first-order valence-corrected chi connectivity index (χ1v) is 8.33. The number of carboxylic acids is 1. The Kier molecular flexibility index (Phi) is 6.17. The fraction of sp³-hybridized carbons (Fsp3) is 0.500. The molecule has 21 heavy (non-hydrogen) atoms. The van der Waals surface area contributed by atoms with Crippen molar-refractivity contribution in [2.75, 3.05) is 5.32 Å². The van der Waals surface area contributed by atoms with Crippen LogP contribution in [0.15, 0.2) is 29.2 Å². The van der Waals surface area contributed by atoms with E-state index in [1.807, 2.05) is 6.92 Å². The highest BCUT2D eigenvalue weighted by atomic mass is 32.2. The second-order valence-corrected chi connectivity index (χ2v) is 6.86. The molecule has 0 aromatic heterocycles. The molecule has 1 aromatic carbocycles. The standard InChI is InChI=1S/C14H22N2O4S/c1-4-11(9-14(17)18)15-12-5-7-13(8-6-12)21(19,20)16-10(2)3/h5-8,10-11,15-16H,4,9H2,1-3H3,(H,17,18).